The summed E-state index contributed by atoms with van der Waals surface area (Å²) in [6, 6.07) is 3.15. The summed E-state index contributed by atoms with van der Waals surface area (Å²) < 4.78 is 25.7. The van der Waals surface area contributed by atoms with Gasteiger partial charge in [-0.25, -0.2) is 4.39 Å². The molecule has 0 spiro atoms. The van der Waals surface area contributed by atoms with Crippen molar-refractivity contribution in [3.05, 3.63) is 17.9 Å². The van der Waals surface area contributed by atoms with Gasteiger partial charge in [-0.05, 0) is 40.0 Å². The Hall–Kier alpha value is -1.53. The van der Waals surface area contributed by atoms with Gasteiger partial charge < -0.3 is 14.4 Å². The molecule has 6 heteroatoms. The van der Waals surface area contributed by atoms with Gasteiger partial charge in [0.25, 0.3) is 0 Å². The lowest BCUT2D eigenvalue weighted by atomic mass is 10.2. The first-order valence-corrected chi connectivity index (χ1v) is 9.57. The fourth-order valence-corrected chi connectivity index (χ4v) is 3.61. The summed E-state index contributed by atoms with van der Waals surface area (Å²) >= 11 is 0. The largest absolute Gasteiger partial charge is 0.493 e. The summed E-state index contributed by atoms with van der Waals surface area (Å²) in [7, 11) is 3.09. The van der Waals surface area contributed by atoms with E-state index in [1.54, 1.807) is 13.2 Å². The Morgan fingerprint density at radius 3 is 1.54 bits per heavy atom. The van der Waals surface area contributed by atoms with Crippen molar-refractivity contribution in [1.29, 1.82) is 0 Å². The lowest BCUT2D eigenvalue weighted by Gasteiger charge is -2.45. The molecular formula is C20H36FN3O2. The highest BCUT2D eigenvalue weighted by molar-refractivity contribution is 5.58. The standard InChI is InChI=1S/C20H36FN3O2/c1-9-22(10-2)15(5)24(16(6)23(11-3)12-4)18-14-20(26-8)19(25-7)13-17(18)21/h13-16H,9-12H2,1-8H3. The normalized spacial score (nSPS) is 13.8. The van der Waals surface area contributed by atoms with Crippen LogP contribution in [0.1, 0.15) is 41.5 Å². The van der Waals surface area contributed by atoms with Crippen molar-refractivity contribution in [3.63, 3.8) is 0 Å². The van der Waals surface area contributed by atoms with Crippen molar-refractivity contribution >= 4 is 5.69 Å². The molecule has 0 heterocycles. The van der Waals surface area contributed by atoms with Gasteiger partial charge >= 0.3 is 0 Å². The Kier molecular flexibility index (Phi) is 9.16. The molecule has 26 heavy (non-hydrogen) atoms. The maximum absolute atomic E-state index is 15.1. The number of halogens is 1. The van der Waals surface area contributed by atoms with E-state index in [4.69, 9.17) is 9.47 Å². The fourth-order valence-electron chi connectivity index (χ4n) is 3.61. The molecule has 2 atom stereocenters. The van der Waals surface area contributed by atoms with Gasteiger partial charge in [-0.3, -0.25) is 9.80 Å². The minimum atomic E-state index is -0.305. The van der Waals surface area contributed by atoms with Crippen LogP contribution in [-0.4, -0.2) is 62.5 Å². The molecular weight excluding hydrogens is 333 g/mol. The van der Waals surface area contributed by atoms with Crippen LogP contribution < -0.4 is 14.4 Å². The molecule has 2 unspecified atom stereocenters. The van der Waals surface area contributed by atoms with E-state index < -0.39 is 0 Å². The maximum atomic E-state index is 15.1. The average molecular weight is 370 g/mol. The number of anilines is 1. The van der Waals surface area contributed by atoms with Gasteiger partial charge in [-0.15, -0.1) is 0 Å². The van der Waals surface area contributed by atoms with E-state index >= 15 is 4.39 Å². The van der Waals surface area contributed by atoms with Crippen LogP contribution in [0.2, 0.25) is 0 Å². The number of benzene rings is 1. The van der Waals surface area contributed by atoms with Crippen LogP contribution in [0, 0.1) is 5.82 Å². The summed E-state index contributed by atoms with van der Waals surface area (Å²) in [6.07, 6.45) is 0.0707. The highest BCUT2D eigenvalue weighted by atomic mass is 19.1. The Morgan fingerprint density at radius 2 is 1.19 bits per heavy atom. The van der Waals surface area contributed by atoms with Crippen molar-refractivity contribution in [1.82, 2.24) is 9.80 Å². The second kappa shape index (κ2) is 10.6. The highest BCUT2D eigenvalue weighted by Crippen LogP contribution is 2.36. The van der Waals surface area contributed by atoms with Crippen LogP contribution in [0.25, 0.3) is 0 Å². The Morgan fingerprint density at radius 1 is 0.808 bits per heavy atom. The highest BCUT2D eigenvalue weighted by Gasteiger charge is 2.30. The third-order valence-electron chi connectivity index (χ3n) is 5.22. The van der Waals surface area contributed by atoms with Crippen LogP contribution in [0.15, 0.2) is 12.1 Å². The molecule has 0 aromatic heterocycles. The van der Waals surface area contributed by atoms with E-state index in [9.17, 15) is 0 Å². The van der Waals surface area contributed by atoms with Crippen LogP contribution >= 0.6 is 0 Å². The molecule has 0 aliphatic heterocycles. The number of hydrogen-bond acceptors (Lipinski definition) is 5. The van der Waals surface area contributed by atoms with Gasteiger partial charge in [-0.1, -0.05) is 27.7 Å². The Labute approximate surface area is 158 Å². The summed E-state index contributed by atoms with van der Waals surface area (Å²) in [4.78, 5) is 6.77. The van der Waals surface area contributed by atoms with Crippen molar-refractivity contribution in [3.8, 4) is 11.5 Å². The van der Waals surface area contributed by atoms with Gasteiger partial charge in [0.05, 0.1) is 32.2 Å². The molecule has 150 valence electrons. The first-order chi connectivity index (χ1) is 12.4. The topological polar surface area (TPSA) is 28.2 Å². The van der Waals surface area contributed by atoms with Gasteiger partial charge in [0.15, 0.2) is 17.3 Å². The van der Waals surface area contributed by atoms with Crippen LogP contribution in [0.3, 0.4) is 0 Å². The average Bonchev–Trinajstić information content (AvgIpc) is 2.64. The molecule has 0 aliphatic carbocycles. The first kappa shape index (κ1) is 22.5. The molecule has 0 saturated carbocycles. The number of ether oxygens (including phenoxy) is 2. The van der Waals surface area contributed by atoms with E-state index in [-0.39, 0.29) is 18.1 Å². The monoisotopic (exact) mass is 369 g/mol. The smallest absolute Gasteiger partial charge is 0.163 e. The van der Waals surface area contributed by atoms with E-state index in [1.165, 1.54) is 13.2 Å². The quantitative estimate of drug-likeness (QED) is 0.549. The second-order valence-corrected chi connectivity index (χ2v) is 6.27. The minimum absolute atomic E-state index is 0.0354. The Balaban J connectivity index is 3.49. The number of nitrogens with zero attached hydrogens (tertiary/aromatic N) is 3. The van der Waals surface area contributed by atoms with Gasteiger partial charge in [0, 0.05) is 12.1 Å². The molecule has 0 N–H and O–H groups in total. The lowest BCUT2D eigenvalue weighted by molar-refractivity contribution is 0.155. The van der Waals surface area contributed by atoms with Crippen LogP contribution in [0.4, 0.5) is 10.1 Å². The van der Waals surface area contributed by atoms with E-state index in [0.29, 0.717) is 17.2 Å². The molecule has 0 radical (unpaired) electrons. The molecule has 0 bridgehead atoms. The first-order valence-electron chi connectivity index (χ1n) is 9.57. The van der Waals surface area contributed by atoms with Gasteiger partial charge in [-0.2, -0.15) is 0 Å². The lowest BCUT2D eigenvalue weighted by Crippen LogP contribution is -2.56. The molecule has 0 fully saturated rings. The molecule has 1 aromatic carbocycles. The van der Waals surface area contributed by atoms with Crippen molar-refractivity contribution in [2.75, 3.05) is 45.3 Å². The molecule has 5 nitrogen and oxygen atoms in total. The van der Waals surface area contributed by atoms with E-state index in [0.717, 1.165) is 26.2 Å². The summed E-state index contributed by atoms with van der Waals surface area (Å²) in [5.74, 6) is 0.632. The number of rotatable bonds is 11. The summed E-state index contributed by atoms with van der Waals surface area (Å²) in [5, 5.41) is 0. The second-order valence-electron chi connectivity index (χ2n) is 6.27. The predicted octanol–water partition coefficient (Wildman–Crippen LogP) is 4.02. The van der Waals surface area contributed by atoms with Crippen molar-refractivity contribution < 1.29 is 13.9 Å². The zero-order valence-corrected chi connectivity index (χ0v) is 17.7. The Bertz CT molecular complexity index is 530. The summed E-state index contributed by atoms with van der Waals surface area (Å²) in [5.41, 5.74) is 0.529. The van der Waals surface area contributed by atoms with Gasteiger partial charge in [0.2, 0.25) is 0 Å². The van der Waals surface area contributed by atoms with E-state index in [2.05, 4.69) is 56.2 Å². The summed E-state index contributed by atoms with van der Waals surface area (Å²) in [6.45, 7) is 16.4. The predicted molar refractivity (Wildman–Crippen MR) is 107 cm³/mol. The van der Waals surface area contributed by atoms with Crippen molar-refractivity contribution in [2.24, 2.45) is 0 Å². The molecule has 0 amide bonds. The minimum Gasteiger partial charge on any atom is -0.493 e. The molecule has 0 saturated heterocycles. The van der Waals surface area contributed by atoms with Crippen LogP contribution in [0.5, 0.6) is 11.5 Å². The molecule has 1 rings (SSSR count). The third-order valence-corrected chi connectivity index (χ3v) is 5.22. The number of hydrogen-bond donors (Lipinski definition) is 0. The van der Waals surface area contributed by atoms with E-state index in [1.807, 2.05) is 0 Å². The third kappa shape index (κ3) is 4.80. The zero-order chi connectivity index (χ0) is 19.9. The fraction of sp³-hybridized carbons (Fsp3) is 0.700. The van der Waals surface area contributed by atoms with Gasteiger partial charge in [0.1, 0.15) is 0 Å². The van der Waals surface area contributed by atoms with Crippen LogP contribution in [-0.2, 0) is 0 Å². The molecule has 1 aromatic rings. The maximum Gasteiger partial charge on any atom is 0.163 e. The molecule has 0 aliphatic rings. The zero-order valence-electron chi connectivity index (χ0n) is 17.7. The van der Waals surface area contributed by atoms with Crippen molar-refractivity contribution in [2.45, 2.75) is 53.9 Å². The SMILES string of the molecule is CCN(CC)C(C)N(c1cc(OC)c(OC)cc1F)C(C)N(CC)CC. The number of methoxy groups -OCH3 is 2.